The van der Waals surface area contributed by atoms with Crippen LogP contribution < -0.4 is 4.74 Å². The molecule has 2 aliphatic rings. The zero-order valence-electron chi connectivity index (χ0n) is 15.1. The summed E-state index contributed by atoms with van der Waals surface area (Å²) >= 11 is 1.85. The zero-order chi connectivity index (χ0) is 18.0. The van der Waals surface area contributed by atoms with Crippen LogP contribution in [0.25, 0.3) is 0 Å². The lowest BCUT2D eigenvalue weighted by atomic mass is 10.0. The molecule has 0 saturated carbocycles. The van der Waals surface area contributed by atoms with Crippen LogP contribution >= 0.6 is 11.8 Å². The molecule has 1 unspecified atom stereocenters. The van der Waals surface area contributed by atoms with Crippen LogP contribution in [0.15, 0.2) is 54.6 Å². The first-order valence-corrected chi connectivity index (χ1v) is 10.2. The Bertz CT molecular complexity index is 791. The van der Waals surface area contributed by atoms with Crippen LogP contribution in [0.1, 0.15) is 24.5 Å². The van der Waals surface area contributed by atoms with Crippen molar-refractivity contribution in [3.8, 4) is 5.75 Å². The first kappa shape index (κ1) is 17.4. The summed E-state index contributed by atoms with van der Waals surface area (Å²) in [5.41, 5.74) is 1.10. The summed E-state index contributed by atoms with van der Waals surface area (Å²) in [5.74, 6) is 1.95. The highest BCUT2D eigenvalue weighted by Crippen LogP contribution is 2.37. The van der Waals surface area contributed by atoms with Crippen LogP contribution in [0.2, 0.25) is 0 Å². The Morgan fingerprint density at radius 2 is 1.92 bits per heavy atom. The average Bonchev–Trinajstić information content (AvgIpc) is 2.96. The standard InChI is InChI=1S/C21H25N2O2S/c1-2-25-19-11-9-18(10-12-19)21(24)16-22-13-6-14-26-20(22)23(21)15-17-7-4-3-5-8-17/h3-5,7-12,24H,2,6,13-16H2,1H3/q+1. The summed E-state index contributed by atoms with van der Waals surface area (Å²) in [6.07, 6.45) is 1.16. The molecule has 4 rings (SSSR count). The summed E-state index contributed by atoms with van der Waals surface area (Å²) in [6.45, 7) is 4.93. The van der Waals surface area contributed by atoms with E-state index in [4.69, 9.17) is 4.74 Å². The molecule has 4 nitrogen and oxygen atoms in total. The molecule has 0 radical (unpaired) electrons. The maximum Gasteiger partial charge on any atom is 0.311 e. The fourth-order valence-electron chi connectivity index (χ4n) is 3.71. The molecule has 0 spiro atoms. The monoisotopic (exact) mass is 369 g/mol. The molecule has 0 aliphatic carbocycles. The van der Waals surface area contributed by atoms with E-state index in [9.17, 15) is 5.11 Å². The molecule has 2 aromatic carbocycles. The van der Waals surface area contributed by atoms with Gasteiger partial charge in [-0.05, 0) is 54.9 Å². The van der Waals surface area contributed by atoms with Crippen LogP contribution in [-0.4, -0.2) is 45.2 Å². The van der Waals surface area contributed by atoms with Gasteiger partial charge in [-0.3, -0.25) is 0 Å². The van der Waals surface area contributed by atoms with Gasteiger partial charge >= 0.3 is 5.17 Å². The molecule has 0 saturated heterocycles. The van der Waals surface area contributed by atoms with Crippen molar-refractivity contribution in [2.24, 2.45) is 0 Å². The summed E-state index contributed by atoms with van der Waals surface area (Å²) in [4.78, 5) is 2.17. The molecule has 1 atom stereocenters. The highest BCUT2D eigenvalue weighted by atomic mass is 32.2. The van der Waals surface area contributed by atoms with Crippen molar-refractivity contribution in [3.63, 3.8) is 0 Å². The quantitative estimate of drug-likeness (QED) is 0.821. The maximum absolute atomic E-state index is 11.7. The third kappa shape index (κ3) is 3.21. The lowest BCUT2D eigenvalue weighted by molar-refractivity contribution is -0.532. The van der Waals surface area contributed by atoms with Gasteiger partial charge in [-0.25, -0.2) is 9.48 Å². The topological polar surface area (TPSA) is 35.7 Å². The SMILES string of the molecule is CCOc1ccc(C2(O)C[N+]3=C(SCCC3)N2Cc2ccccc2)cc1. The first-order valence-electron chi connectivity index (χ1n) is 9.22. The fourth-order valence-corrected chi connectivity index (χ4v) is 4.87. The Morgan fingerprint density at radius 1 is 1.15 bits per heavy atom. The summed E-state index contributed by atoms with van der Waals surface area (Å²) < 4.78 is 7.89. The third-order valence-electron chi connectivity index (χ3n) is 4.97. The van der Waals surface area contributed by atoms with Crippen LogP contribution in [0.4, 0.5) is 0 Å². The predicted octanol–water partition coefficient (Wildman–Crippen LogP) is 3.25. The van der Waals surface area contributed by atoms with E-state index in [0.717, 1.165) is 30.0 Å². The van der Waals surface area contributed by atoms with Gasteiger partial charge in [0.15, 0.2) is 6.54 Å². The molecule has 0 amide bonds. The van der Waals surface area contributed by atoms with Gasteiger partial charge in [0.25, 0.3) is 5.72 Å². The van der Waals surface area contributed by atoms with Crippen molar-refractivity contribution in [3.05, 3.63) is 65.7 Å². The van der Waals surface area contributed by atoms with E-state index >= 15 is 0 Å². The van der Waals surface area contributed by atoms with Gasteiger partial charge in [-0.1, -0.05) is 30.3 Å². The minimum atomic E-state index is -1.02. The van der Waals surface area contributed by atoms with Crippen LogP contribution in [-0.2, 0) is 12.3 Å². The van der Waals surface area contributed by atoms with Gasteiger partial charge in [-0.2, -0.15) is 0 Å². The second-order valence-corrected chi connectivity index (χ2v) is 7.81. The summed E-state index contributed by atoms with van der Waals surface area (Å²) in [7, 11) is 0. The van der Waals surface area contributed by atoms with Gasteiger partial charge in [0.1, 0.15) is 12.3 Å². The Kier molecular flexibility index (Phi) is 4.92. The van der Waals surface area contributed by atoms with Gasteiger partial charge in [-0.15, -0.1) is 0 Å². The number of benzene rings is 2. The van der Waals surface area contributed by atoms with Crippen molar-refractivity contribution in [2.75, 3.05) is 25.4 Å². The van der Waals surface area contributed by atoms with E-state index in [1.54, 1.807) is 0 Å². The summed E-state index contributed by atoms with van der Waals surface area (Å²) in [5, 5.41) is 12.9. The Morgan fingerprint density at radius 3 is 2.65 bits per heavy atom. The van der Waals surface area contributed by atoms with Crippen molar-refractivity contribution < 1.29 is 14.4 Å². The second-order valence-electron chi connectivity index (χ2n) is 6.75. The molecule has 0 fully saturated rings. The minimum absolute atomic E-state index is 0.607. The lowest BCUT2D eigenvalue weighted by Gasteiger charge is -2.29. The Hall–Kier alpha value is -1.98. The number of aliphatic hydroxyl groups is 1. The van der Waals surface area contributed by atoms with E-state index in [2.05, 4.69) is 33.7 Å². The molecule has 2 aliphatic heterocycles. The number of thioether (sulfide) groups is 1. The normalized spacial score (nSPS) is 22.5. The minimum Gasteiger partial charge on any atom is -0.494 e. The van der Waals surface area contributed by atoms with Crippen molar-refractivity contribution >= 4 is 16.9 Å². The van der Waals surface area contributed by atoms with Crippen molar-refractivity contribution in [1.29, 1.82) is 0 Å². The van der Waals surface area contributed by atoms with E-state index in [0.29, 0.717) is 19.7 Å². The maximum atomic E-state index is 11.7. The molecule has 26 heavy (non-hydrogen) atoms. The smallest absolute Gasteiger partial charge is 0.311 e. The molecule has 0 bridgehead atoms. The lowest BCUT2D eigenvalue weighted by Crippen LogP contribution is -2.45. The molecular weight excluding hydrogens is 344 g/mol. The average molecular weight is 370 g/mol. The number of nitrogens with zero attached hydrogens (tertiary/aromatic N) is 2. The predicted molar refractivity (Wildman–Crippen MR) is 106 cm³/mol. The number of rotatable bonds is 5. The molecule has 2 heterocycles. The van der Waals surface area contributed by atoms with Crippen molar-refractivity contribution in [2.45, 2.75) is 25.6 Å². The summed E-state index contributed by atoms with van der Waals surface area (Å²) in [6, 6.07) is 18.3. The Balaban J connectivity index is 1.68. The fraction of sp³-hybridized carbons (Fsp3) is 0.381. The second kappa shape index (κ2) is 7.33. The molecular formula is C21H25N2O2S+. The Labute approximate surface area is 159 Å². The first-order chi connectivity index (χ1) is 12.7. The highest BCUT2D eigenvalue weighted by molar-refractivity contribution is 8.13. The number of ether oxygens (including phenoxy) is 1. The number of hydrogen-bond acceptors (Lipinski definition) is 4. The molecule has 2 aromatic rings. The van der Waals surface area contributed by atoms with Gasteiger partial charge in [0, 0.05) is 11.3 Å². The van der Waals surface area contributed by atoms with E-state index in [-0.39, 0.29) is 0 Å². The molecule has 1 N–H and O–H groups in total. The highest BCUT2D eigenvalue weighted by Gasteiger charge is 2.53. The van der Waals surface area contributed by atoms with Crippen molar-refractivity contribution in [1.82, 2.24) is 4.90 Å². The van der Waals surface area contributed by atoms with E-state index in [1.165, 1.54) is 10.7 Å². The molecule has 5 heteroatoms. The van der Waals surface area contributed by atoms with Gasteiger partial charge in [0.05, 0.1) is 13.2 Å². The third-order valence-corrected chi connectivity index (χ3v) is 6.20. The molecule has 0 aromatic heterocycles. The zero-order valence-corrected chi connectivity index (χ0v) is 15.9. The van der Waals surface area contributed by atoms with Gasteiger partial charge < -0.3 is 9.84 Å². The number of hydrogen-bond donors (Lipinski definition) is 1. The van der Waals surface area contributed by atoms with Crippen LogP contribution in [0.5, 0.6) is 5.75 Å². The van der Waals surface area contributed by atoms with Gasteiger partial charge in [0.2, 0.25) is 0 Å². The molecule has 136 valence electrons. The number of amidine groups is 1. The van der Waals surface area contributed by atoms with Crippen LogP contribution in [0, 0.1) is 0 Å². The van der Waals surface area contributed by atoms with Crippen LogP contribution in [0.3, 0.4) is 0 Å². The van der Waals surface area contributed by atoms with E-state index in [1.807, 2.05) is 49.0 Å². The van der Waals surface area contributed by atoms with E-state index < -0.39 is 5.72 Å². The largest absolute Gasteiger partial charge is 0.494 e.